The van der Waals surface area contributed by atoms with Gasteiger partial charge in [-0.2, -0.15) is 0 Å². The molecule has 118 valence electrons. The molecule has 1 aromatic rings. The Morgan fingerprint density at radius 3 is 2.67 bits per heavy atom. The van der Waals surface area contributed by atoms with Gasteiger partial charge in [-0.05, 0) is 25.0 Å². The summed E-state index contributed by atoms with van der Waals surface area (Å²) in [7, 11) is 0. The molecule has 4 N–H and O–H groups in total. The molecule has 1 atom stereocenters. The molecule has 1 aromatic carbocycles. The molecular weight excluding hydrogens is 268 g/mol. The molecule has 1 saturated carbocycles. The summed E-state index contributed by atoms with van der Waals surface area (Å²) in [6.07, 6.45) is 4.19. The number of aliphatic hydroxyl groups is 2. The maximum absolute atomic E-state index is 10.2. The van der Waals surface area contributed by atoms with Gasteiger partial charge in [0.2, 0.25) is 0 Å². The van der Waals surface area contributed by atoms with Gasteiger partial charge in [0.25, 0.3) is 0 Å². The molecule has 0 heterocycles. The highest BCUT2D eigenvalue weighted by Crippen LogP contribution is 2.24. The highest BCUT2D eigenvalue weighted by Gasteiger charge is 2.24. The third-order valence-electron chi connectivity index (χ3n) is 4.02. The molecule has 0 bridgehead atoms. The molecule has 0 amide bonds. The first-order chi connectivity index (χ1) is 10.2. The van der Waals surface area contributed by atoms with Crippen molar-refractivity contribution in [2.24, 2.45) is 0 Å². The minimum Gasteiger partial charge on any atom is -0.489 e. The summed E-state index contributed by atoms with van der Waals surface area (Å²) in [6.45, 7) is 1.46. The first-order valence-corrected chi connectivity index (χ1v) is 7.71. The molecule has 0 saturated heterocycles. The lowest BCUT2D eigenvalue weighted by Gasteiger charge is -2.30. The lowest BCUT2D eigenvalue weighted by Crippen LogP contribution is -2.42. The van der Waals surface area contributed by atoms with Crippen LogP contribution in [0.2, 0.25) is 0 Å². The van der Waals surface area contributed by atoms with E-state index >= 15 is 0 Å². The normalized spacial score (nSPS) is 17.3. The summed E-state index contributed by atoms with van der Waals surface area (Å²) in [6, 6.07) is 7.76. The van der Waals surface area contributed by atoms with Crippen LogP contribution in [0.4, 0.5) is 5.69 Å². The van der Waals surface area contributed by atoms with Crippen molar-refractivity contribution >= 4 is 5.69 Å². The molecule has 1 unspecified atom stereocenters. The van der Waals surface area contributed by atoms with Gasteiger partial charge in [0.15, 0.2) is 0 Å². The number of nitrogens with zero attached hydrogens (tertiary/aromatic N) is 1. The van der Waals surface area contributed by atoms with E-state index < -0.39 is 6.10 Å². The number of benzene rings is 1. The Bertz CT molecular complexity index is 422. The third kappa shape index (κ3) is 4.88. The number of ether oxygens (including phenoxy) is 1. The zero-order chi connectivity index (χ0) is 15.1. The first-order valence-electron chi connectivity index (χ1n) is 7.71. The van der Waals surface area contributed by atoms with E-state index in [4.69, 9.17) is 10.5 Å². The summed E-state index contributed by atoms with van der Waals surface area (Å²) >= 11 is 0. The minimum atomic E-state index is -0.586. The predicted octanol–water partition coefficient (Wildman–Crippen LogP) is 1.25. The van der Waals surface area contributed by atoms with Gasteiger partial charge >= 0.3 is 0 Å². The molecule has 5 nitrogen and oxygen atoms in total. The molecule has 0 aromatic heterocycles. The van der Waals surface area contributed by atoms with Crippen molar-refractivity contribution in [3.63, 3.8) is 0 Å². The second-order valence-corrected chi connectivity index (χ2v) is 5.66. The van der Waals surface area contributed by atoms with E-state index in [2.05, 4.69) is 4.90 Å². The van der Waals surface area contributed by atoms with E-state index in [1.165, 1.54) is 12.8 Å². The van der Waals surface area contributed by atoms with Crippen molar-refractivity contribution < 1.29 is 14.9 Å². The van der Waals surface area contributed by atoms with Crippen LogP contribution in [0.25, 0.3) is 0 Å². The molecule has 0 spiro atoms. The number of nitrogens with two attached hydrogens (primary N) is 1. The number of para-hydroxylation sites is 2. The monoisotopic (exact) mass is 294 g/mol. The van der Waals surface area contributed by atoms with E-state index in [-0.39, 0.29) is 13.2 Å². The Kier molecular flexibility index (Phi) is 6.29. The largest absolute Gasteiger partial charge is 0.489 e. The molecule has 0 radical (unpaired) electrons. The van der Waals surface area contributed by atoms with Crippen LogP contribution in [0.3, 0.4) is 0 Å². The zero-order valence-corrected chi connectivity index (χ0v) is 12.4. The van der Waals surface area contributed by atoms with Crippen LogP contribution in [-0.4, -0.2) is 53.6 Å². The summed E-state index contributed by atoms with van der Waals surface area (Å²) in [5, 5.41) is 19.4. The second-order valence-electron chi connectivity index (χ2n) is 5.66. The zero-order valence-electron chi connectivity index (χ0n) is 12.4. The fourth-order valence-electron chi connectivity index (χ4n) is 2.94. The van der Waals surface area contributed by atoms with E-state index in [9.17, 15) is 10.2 Å². The Morgan fingerprint density at radius 2 is 2.00 bits per heavy atom. The van der Waals surface area contributed by atoms with E-state index in [0.717, 1.165) is 12.8 Å². The molecule has 21 heavy (non-hydrogen) atoms. The lowest BCUT2D eigenvalue weighted by atomic mass is 10.2. The van der Waals surface area contributed by atoms with Crippen LogP contribution in [-0.2, 0) is 0 Å². The standard InChI is InChI=1S/C16H26N2O3/c17-15-7-3-4-8-16(15)21-12-14(20)11-18(9-10-19)13-5-1-2-6-13/h3-4,7-8,13-14,19-20H,1-2,5-6,9-12,17H2. The fraction of sp³-hybridized carbons (Fsp3) is 0.625. The predicted molar refractivity (Wildman–Crippen MR) is 83.3 cm³/mol. The summed E-state index contributed by atoms with van der Waals surface area (Å²) in [4.78, 5) is 2.18. The van der Waals surface area contributed by atoms with Crippen LogP contribution < -0.4 is 10.5 Å². The van der Waals surface area contributed by atoms with Crippen molar-refractivity contribution in [1.82, 2.24) is 4.90 Å². The number of nitrogen functional groups attached to an aromatic ring is 1. The van der Waals surface area contributed by atoms with Gasteiger partial charge in [-0.3, -0.25) is 4.90 Å². The van der Waals surface area contributed by atoms with Gasteiger partial charge in [-0.15, -0.1) is 0 Å². The SMILES string of the molecule is Nc1ccccc1OCC(O)CN(CCO)C1CCCC1. The van der Waals surface area contributed by atoms with Gasteiger partial charge in [-0.1, -0.05) is 25.0 Å². The van der Waals surface area contributed by atoms with E-state index in [1.54, 1.807) is 12.1 Å². The van der Waals surface area contributed by atoms with Gasteiger partial charge in [0.1, 0.15) is 18.5 Å². The maximum atomic E-state index is 10.2. The molecule has 0 aliphatic heterocycles. The van der Waals surface area contributed by atoms with Crippen LogP contribution in [0.15, 0.2) is 24.3 Å². The smallest absolute Gasteiger partial charge is 0.142 e. The summed E-state index contributed by atoms with van der Waals surface area (Å²) in [5.74, 6) is 0.603. The van der Waals surface area contributed by atoms with E-state index in [0.29, 0.717) is 30.6 Å². The quantitative estimate of drug-likeness (QED) is 0.629. The number of hydrogen-bond acceptors (Lipinski definition) is 5. The lowest BCUT2D eigenvalue weighted by molar-refractivity contribution is 0.0453. The Hall–Kier alpha value is -1.30. The highest BCUT2D eigenvalue weighted by atomic mass is 16.5. The maximum Gasteiger partial charge on any atom is 0.142 e. The van der Waals surface area contributed by atoms with Gasteiger partial charge in [0.05, 0.1) is 12.3 Å². The third-order valence-corrected chi connectivity index (χ3v) is 4.02. The first kappa shape index (κ1) is 16.1. The topological polar surface area (TPSA) is 79.0 Å². The van der Waals surface area contributed by atoms with Crippen molar-refractivity contribution in [3.05, 3.63) is 24.3 Å². The Balaban J connectivity index is 1.81. The van der Waals surface area contributed by atoms with Crippen LogP contribution >= 0.6 is 0 Å². The molecule has 1 aliphatic carbocycles. The molecule has 2 rings (SSSR count). The van der Waals surface area contributed by atoms with Crippen LogP contribution in [0.5, 0.6) is 5.75 Å². The fourth-order valence-corrected chi connectivity index (χ4v) is 2.94. The Labute approximate surface area is 126 Å². The van der Waals surface area contributed by atoms with Gasteiger partial charge in [0, 0.05) is 19.1 Å². The molecule has 1 fully saturated rings. The average molecular weight is 294 g/mol. The Morgan fingerprint density at radius 1 is 1.29 bits per heavy atom. The highest BCUT2D eigenvalue weighted by molar-refractivity contribution is 5.51. The van der Waals surface area contributed by atoms with Crippen molar-refractivity contribution in [2.75, 3.05) is 32.0 Å². The summed E-state index contributed by atoms with van der Waals surface area (Å²) in [5.41, 5.74) is 6.38. The average Bonchev–Trinajstić information content (AvgIpc) is 3.00. The number of aliphatic hydroxyl groups excluding tert-OH is 2. The molecule has 1 aliphatic rings. The second kappa shape index (κ2) is 8.22. The summed E-state index contributed by atoms with van der Waals surface area (Å²) < 4.78 is 5.58. The van der Waals surface area contributed by atoms with Crippen molar-refractivity contribution in [3.8, 4) is 5.75 Å². The molecular formula is C16H26N2O3. The van der Waals surface area contributed by atoms with E-state index in [1.807, 2.05) is 12.1 Å². The van der Waals surface area contributed by atoms with Crippen molar-refractivity contribution in [2.45, 2.75) is 37.8 Å². The minimum absolute atomic E-state index is 0.121. The van der Waals surface area contributed by atoms with Gasteiger partial charge < -0.3 is 20.7 Å². The number of rotatable bonds is 8. The number of anilines is 1. The van der Waals surface area contributed by atoms with Crippen molar-refractivity contribution in [1.29, 1.82) is 0 Å². The number of hydrogen-bond donors (Lipinski definition) is 3. The van der Waals surface area contributed by atoms with Gasteiger partial charge in [-0.25, -0.2) is 0 Å². The van der Waals surface area contributed by atoms with Crippen LogP contribution in [0.1, 0.15) is 25.7 Å². The van der Waals surface area contributed by atoms with Crippen LogP contribution in [0, 0.1) is 0 Å². The molecule has 5 heteroatoms.